The molecule has 0 unspecified atom stereocenters. The number of amides is 1. The van der Waals surface area contributed by atoms with Gasteiger partial charge in [-0.15, -0.1) is 0 Å². The first-order valence-electron chi connectivity index (χ1n) is 10.0. The normalized spacial score (nSPS) is 11.4. The molecular weight excluding hydrogens is 400 g/mol. The number of nitrogens with one attached hydrogen (secondary N) is 3. The van der Waals surface area contributed by atoms with E-state index in [4.69, 9.17) is 11.6 Å². The number of hydrogen-bond acceptors (Lipinski definition) is 5. The van der Waals surface area contributed by atoms with Gasteiger partial charge in [0.05, 0.1) is 17.5 Å². The number of pyridine rings is 1. The maximum Gasteiger partial charge on any atom is 0.244 e. The molecule has 1 amide bonds. The average molecular weight is 427 g/mol. The van der Waals surface area contributed by atoms with Gasteiger partial charge in [-0.05, 0) is 63.3 Å². The Morgan fingerprint density at radius 3 is 2.83 bits per heavy atom. The fourth-order valence-electron chi connectivity index (χ4n) is 3.10. The number of aromatic nitrogens is 3. The van der Waals surface area contributed by atoms with Crippen molar-refractivity contribution in [3.05, 3.63) is 59.8 Å². The van der Waals surface area contributed by atoms with Gasteiger partial charge in [-0.1, -0.05) is 11.6 Å². The number of imidazole rings is 1. The predicted octanol–water partition coefficient (Wildman–Crippen LogP) is 3.56. The Morgan fingerprint density at radius 1 is 1.20 bits per heavy atom. The third kappa shape index (κ3) is 6.86. The van der Waals surface area contributed by atoms with E-state index in [1.807, 2.05) is 24.3 Å². The number of benzene rings is 1. The molecule has 0 radical (unpaired) electrons. The van der Waals surface area contributed by atoms with Gasteiger partial charge >= 0.3 is 0 Å². The highest BCUT2D eigenvalue weighted by Gasteiger charge is 2.03. The van der Waals surface area contributed by atoms with Crippen molar-refractivity contribution in [1.82, 2.24) is 25.2 Å². The summed E-state index contributed by atoms with van der Waals surface area (Å²) in [7, 11) is 2.10. The van der Waals surface area contributed by atoms with Crippen LogP contribution in [0, 0.1) is 0 Å². The summed E-state index contributed by atoms with van der Waals surface area (Å²) in [5, 5.41) is 8.15. The molecule has 1 aromatic carbocycles. The minimum atomic E-state index is -0.101. The smallest absolute Gasteiger partial charge is 0.244 e. The average Bonchev–Trinajstić information content (AvgIpc) is 3.26. The highest BCUT2D eigenvalue weighted by molar-refractivity contribution is 6.31. The summed E-state index contributed by atoms with van der Waals surface area (Å²) in [5.74, 6) is -0.101. The lowest BCUT2D eigenvalue weighted by Crippen LogP contribution is -2.28. The standard InChI is InChI=1S/C22H27ClN6O/c1-29(13-3-10-27-22(30)7-5-18-15-24-16-28-18)12-2-9-25-20-8-11-26-21-14-17(23)4-6-19(20)21/h4-8,11,14-16H,2-3,9-10,12-13H2,1H3,(H,24,28)(H,25,26)(H,27,30)/b7-5-. The number of carbonyl (C=O) groups excluding carboxylic acids is 1. The van der Waals surface area contributed by atoms with Crippen LogP contribution in [0.2, 0.25) is 5.02 Å². The molecule has 2 heterocycles. The number of fused-ring (bicyclic) bond motifs is 1. The van der Waals surface area contributed by atoms with Crippen molar-refractivity contribution in [2.45, 2.75) is 12.8 Å². The number of halogens is 1. The Bertz CT molecular complexity index is 973. The molecule has 0 spiro atoms. The summed E-state index contributed by atoms with van der Waals surface area (Å²) in [4.78, 5) is 25.3. The quantitative estimate of drug-likeness (QED) is 0.322. The lowest BCUT2D eigenvalue weighted by atomic mass is 10.2. The minimum Gasteiger partial charge on any atom is -0.384 e. The maximum absolute atomic E-state index is 11.8. The van der Waals surface area contributed by atoms with Crippen molar-refractivity contribution >= 4 is 40.2 Å². The van der Waals surface area contributed by atoms with Crippen LogP contribution in [0.3, 0.4) is 0 Å². The van der Waals surface area contributed by atoms with Crippen LogP contribution in [0.4, 0.5) is 5.69 Å². The predicted molar refractivity (Wildman–Crippen MR) is 123 cm³/mol. The number of carbonyl (C=O) groups is 1. The van der Waals surface area contributed by atoms with Gasteiger partial charge in [0, 0.05) is 47.7 Å². The van der Waals surface area contributed by atoms with E-state index in [-0.39, 0.29) is 5.91 Å². The second kappa shape index (κ2) is 11.3. The van der Waals surface area contributed by atoms with E-state index in [1.165, 1.54) is 6.08 Å². The SMILES string of the molecule is CN(CCCNC(=O)/C=C\c1c[nH]cn1)CCCNc1ccnc2cc(Cl)ccc12. The van der Waals surface area contributed by atoms with Gasteiger partial charge in [0.25, 0.3) is 0 Å². The Balaban J connectivity index is 1.29. The van der Waals surface area contributed by atoms with Gasteiger partial charge < -0.3 is 20.5 Å². The topological polar surface area (TPSA) is 85.9 Å². The lowest BCUT2D eigenvalue weighted by Gasteiger charge is -2.17. The van der Waals surface area contributed by atoms with Crippen molar-refractivity contribution in [3.63, 3.8) is 0 Å². The molecule has 0 bridgehead atoms. The Morgan fingerprint density at radius 2 is 2.03 bits per heavy atom. The van der Waals surface area contributed by atoms with Crippen molar-refractivity contribution in [2.75, 3.05) is 38.5 Å². The van der Waals surface area contributed by atoms with Gasteiger partial charge in [0.15, 0.2) is 0 Å². The first kappa shape index (κ1) is 21.8. The molecule has 2 aromatic heterocycles. The zero-order valence-corrected chi connectivity index (χ0v) is 17.8. The van der Waals surface area contributed by atoms with Crippen molar-refractivity contribution in [1.29, 1.82) is 0 Å². The highest BCUT2D eigenvalue weighted by atomic mass is 35.5. The molecule has 3 aromatic rings. The van der Waals surface area contributed by atoms with E-state index >= 15 is 0 Å². The molecule has 3 rings (SSSR count). The van der Waals surface area contributed by atoms with Gasteiger partial charge in [0.2, 0.25) is 5.91 Å². The zero-order chi connectivity index (χ0) is 21.2. The van der Waals surface area contributed by atoms with E-state index < -0.39 is 0 Å². The zero-order valence-electron chi connectivity index (χ0n) is 17.1. The molecule has 0 atom stereocenters. The van der Waals surface area contributed by atoms with Crippen LogP contribution in [0.15, 0.2) is 49.1 Å². The first-order valence-corrected chi connectivity index (χ1v) is 10.4. The van der Waals surface area contributed by atoms with E-state index in [2.05, 4.69) is 37.5 Å². The Labute approximate surface area is 181 Å². The summed E-state index contributed by atoms with van der Waals surface area (Å²) in [6.07, 6.45) is 10.2. The summed E-state index contributed by atoms with van der Waals surface area (Å²) in [6.45, 7) is 3.44. The molecule has 3 N–H and O–H groups in total. The molecule has 0 fully saturated rings. The first-order chi connectivity index (χ1) is 14.6. The monoisotopic (exact) mass is 426 g/mol. The van der Waals surface area contributed by atoms with E-state index in [0.29, 0.717) is 11.6 Å². The van der Waals surface area contributed by atoms with Crippen LogP contribution >= 0.6 is 11.6 Å². The number of hydrogen-bond donors (Lipinski definition) is 3. The van der Waals surface area contributed by atoms with Gasteiger partial charge in [-0.3, -0.25) is 9.78 Å². The molecule has 30 heavy (non-hydrogen) atoms. The number of anilines is 1. The fraction of sp³-hybridized carbons (Fsp3) is 0.318. The summed E-state index contributed by atoms with van der Waals surface area (Å²) >= 11 is 6.04. The summed E-state index contributed by atoms with van der Waals surface area (Å²) < 4.78 is 0. The number of rotatable bonds is 11. The molecule has 0 aliphatic carbocycles. The van der Waals surface area contributed by atoms with Crippen LogP contribution in [0.1, 0.15) is 18.5 Å². The maximum atomic E-state index is 11.8. The van der Waals surface area contributed by atoms with Gasteiger partial charge in [-0.2, -0.15) is 0 Å². The number of aromatic amines is 1. The number of H-pyrrole nitrogens is 1. The highest BCUT2D eigenvalue weighted by Crippen LogP contribution is 2.24. The second-order valence-corrected chi connectivity index (χ2v) is 7.51. The lowest BCUT2D eigenvalue weighted by molar-refractivity contribution is -0.116. The molecule has 0 saturated heterocycles. The molecule has 0 aliphatic heterocycles. The molecule has 0 aliphatic rings. The Hall–Kier alpha value is -2.90. The van der Waals surface area contributed by atoms with E-state index in [9.17, 15) is 4.79 Å². The van der Waals surface area contributed by atoms with Gasteiger partial charge in [0.1, 0.15) is 0 Å². The summed E-state index contributed by atoms with van der Waals surface area (Å²) in [6, 6.07) is 7.75. The van der Waals surface area contributed by atoms with Gasteiger partial charge in [-0.25, -0.2) is 4.98 Å². The Kier molecular flexibility index (Phi) is 8.23. The molecule has 8 heteroatoms. The second-order valence-electron chi connectivity index (χ2n) is 7.08. The molecular formula is C22H27ClN6O. The van der Waals surface area contributed by atoms with Crippen LogP contribution in [-0.4, -0.2) is 59.0 Å². The molecule has 158 valence electrons. The van der Waals surface area contributed by atoms with Crippen LogP contribution in [-0.2, 0) is 4.79 Å². The van der Waals surface area contributed by atoms with Crippen molar-refractivity contribution in [3.8, 4) is 0 Å². The van der Waals surface area contributed by atoms with Crippen LogP contribution < -0.4 is 10.6 Å². The largest absolute Gasteiger partial charge is 0.384 e. The fourth-order valence-corrected chi connectivity index (χ4v) is 3.27. The third-order valence-corrected chi connectivity index (χ3v) is 4.91. The third-order valence-electron chi connectivity index (χ3n) is 4.68. The van der Waals surface area contributed by atoms with Crippen LogP contribution in [0.5, 0.6) is 0 Å². The molecule has 0 saturated carbocycles. The number of nitrogens with zero attached hydrogens (tertiary/aromatic N) is 3. The summed E-state index contributed by atoms with van der Waals surface area (Å²) in [5.41, 5.74) is 2.71. The minimum absolute atomic E-state index is 0.101. The van der Waals surface area contributed by atoms with Crippen molar-refractivity contribution in [2.24, 2.45) is 0 Å². The molecule has 7 nitrogen and oxygen atoms in total. The van der Waals surface area contributed by atoms with Crippen LogP contribution in [0.25, 0.3) is 17.0 Å². The van der Waals surface area contributed by atoms with E-state index in [1.54, 1.807) is 24.8 Å². The van der Waals surface area contributed by atoms with E-state index in [0.717, 1.165) is 54.8 Å². The van der Waals surface area contributed by atoms with Crippen molar-refractivity contribution < 1.29 is 4.79 Å².